The van der Waals surface area contributed by atoms with Crippen LogP contribution in [0, 0.1) is 0 Å². The summed E-state index contributed by atoms with van der Waals surface area (Å²) in [6.45, 7) is 6.88. The molecule has 0 unspecified atom stereocenters. The molecule has 1 fully saturated rings. The molecule has 0 aromatic heterocycles. The summed E-state index contributed by atoms with van der Waals surface area (Å²) in [7, 11) is 0. The number of hydrogen-bond donors (Lipinski definition) is 3. The summed E-state index contributed by atoms with van der Waals surface area (Å²) in [4.78, 5) is 25.7. The van der Waals surface area contributed by atoms with Gasteiger partial charge in [-0.2, -0.15) is 0 Å². The van der Waals surface area contributed by atoms with Crippen molar-refractivity contribution in [3.05, 3.63) is 29.8 Å². The van der Waals surface area contributed by atoms with E-state index in [1.807, 2.05) is 19.9 Å². The topological polar surface area (TPSA) is 73.5 Å². The molecule has 0 saturated carbocycles. The highest BCUT2D eigenvalue weighted by Gasteiger charge is 2.20. The number of nitrogens with one attached hydrogen (secondary N) is 3. The number of urea groups is 1. The van der Waals surface area contributed by atoms with Crippen LogP contribution in [0.4, 0.5) is 10.5 Å². The highest BCUT2D eigenvalue weighted by atomic mass is 16.2. The summed E-state index contributed by atoms with van der Waals surface area (Å²) >= 11 is 0. The number of anilines is 1. The number of hydrogen-bond acceptors (Lipinski definition) is 3. The second kappa shape index (κ2) is 7.79. The van der Waals surface area contributed by atoms with E-state index in [-0.39, 0.29) is 18.0 Å². The van der Waals surface area contributed by atoms with Gasteiger partial charge in [-0.1, -0.05) is 13.0 Å². The van der Waals surface area contributed by atoms with Crippen molar-refractivity contribution in [2.45, 2.75) is 26.3 Å². The molecule has 1 heterocycles. The van der Waals surface area contributed by atoms with Crippen LogP contribution < -0.4 is 20.9 Å². The lowest BCUT2D eigenvalue weighted by Gasteiger charge is -2.27. The Morgan fingerprint density at radius 2 is 2.27 bits per heavy atom. The van der Waals surface area contributed by atoms with Crippen LogP contribution in [0.3, 0.4) is 0 Å². The van der Waals surface area contributed by atoms with E-state index >= 15 is 0 Å². The van der Waals surface area contributed by atoms with Gasteiger partial charge in [0, 0.05) is 36.9 Å². The van der Waals surface area contributed by atoms with Crippen LogP contribution in [0.15, 0.2) is 24.3 Å². The van der Waals surface area contributed by atoms with E-state index < -0.39 is 0 Å². The summed E-state index contributed by atoms with van der Waals surface area (Å²) in [6.07, 6.45) is 0.905. The predicted molar refractivity (Wildman–Crippen MR) is 87.3 cm³/mol. The Bertz CT molecular complexity index is 533. The number of carbonyl (C=O) groups excluding carboxylic acids is 2. The summed E-state index contributed by atoms with van der Waals surface area (Å²) in [5, 5.41) is 8.96. The summed E-state index contributed by atoms with van der Waals surface area (Å²) in [5.74, 6) is -0.121. The first-order valence-electron chi connectivity index (χ1n) is 7.79. The fourth-order valence-electron chi connectivity index (χ4n) is 2.46. The minimum atomic E-state index is -0.121. The van der Waals surface area contributed by atoms with Crippen molar-refractivity contribution >= 4 is 17.6 Å². The summed E-state index contributed by atoms with van der Waals surface area (Å²) in [5.41, 5.74) is 1.32. The first kappa shape index (κ1) is 16.3. The van der Waals surface area contributed by atoms with Gasteiger partial charge in [0.2, 0.25) is 0 Å². The highest BCUT2D eigenvalue weighted by Crippen LogP contribution is 2.18. The maximum atomic E-state index is 12.2. The number of likely N-dealkylation sites (N-methyl/N-ethyl adjacent to an activating group) is 1. The molecule has 0 bridgehead atoms. The van der Waals surface area contributed by atoms with Crippen molar-refractivity contribution in [2.24, 2.45) is 0 Å². The molecule has 6 nitrogen and oxygen atoms in total. The molecular formula is C16H24N4O2. The van der Waals surface area contributed by atoms with Gasteiger partial charge in [-0.3, -0.25) is 9.69 Å². The molecule has 120 valence electrons. The van der Waals surface area contributed by atoms with Gasteiger partial charge in [-0.25, -0.2) is 4.79 Å². The number of nitrogens with zero attached hydrogens (tertiary/aromatic N) is 1. The van der Waals surface area contributed by atoms with Gasteiger partial charge < -0.3 is 16.0 Å². The zero-order valence-corrected chi connectivity index (χ0v) is 13.2. The van der Waals surface area contributed by atoms with E-state index in [4.69, 9.17) is 0 Å². The SMILES string of the molecule is CCN[C@H](C)CNC(=O)c1cccc(N2CCCNC2=O)c1. The van der Waals surface area contributed by atoms with E-state index in [0.29, 0.717) is 25.2 Å². The van der Waals surface area contributed by atoms with Crippen molar-refractivity contribution in [3.63, 3.8) is 0 Å². The molecule has 0 radical (unpaired) electrons. The fourth-order valence-corrected chi connectivity index (χ4v) is 2.46. The first-order chi connectivity index (χ1) is 10.6. The van der Waals surface area contributed by atoms with E-state index in [1.165, 1.54) is 0 Å². The molecule has 3 amide bonds. The van der Waals surface area contributed by atoms with Gasteiger partial charge in [0.25, 0.3) is 5.91 Å². The minimum absolute atomic E-state index is 0.107. The molecule has 1 aromatic carbocycles. The van der Waals surface area contributed by atoms with Crippen molar-refractivity contribution in [1.29, 1.82) is 0 Å². The van der Waals surface area contributed by atoms with Gasteiger partial charge >= 0.3 is 6.03 Å². The van der Waals surface area contributed by atoms with Crippen LogP contribution in [-0.2, 0) is 0 Å². The Balaban J connectivity index is 2.01. The van der Waals surface area contributed by atoms with Crippen molar-refractivity contribution in [3.8, 4) is 0 Å². The Morgan fingerprint density at radius 1 is 1.45 bits per heavy atom. The maximum Gasteiger partial charge on any atom is 0.321 e. The Kier molecular flexibility index (Phi) is 5.77. The standard InChI is InChI=1S/C16H24N4O2/c1-3-17-12(2)11-19-15(21)13-6-4-7-14(10-13)20-9-5-8-18-16(20)22/h4,6-7,10,12,17H,3,5,8-9,11H2,1-2H3,(H,18,22)(H,19,21)/t12-/m1/s1. The zero-order valence-electron chi connectivity index (χ0n) is 13.2. The monoisotopic (exact) mass is 304 g/mol. The van der Waals surface area contributed by atoms with E-state index in [1.54, 1.807) is 23.1 Å². The minimum Gasteiger partial charge on any atom is -0.350 e. The van der Waals surface area contributed by atoms with Gasteiger partial charge in [-0.15, -0.1) is 0 Å². The molecule has 1 aliphatic rings. The molecule has 3 N–H and O–H groups in total. The molecule has 6 heteroatoms. The molecule has 1 atom stereocenters. The number of amides is 3. The molecule has 1 aromatic rings. The third kappa shape index (κ3) is 4.21. The van der Waals surface area contributed by atoms with E-state index in [2.05, 4.69) is 16.0 Å². The van der Waals surface area contributed by atoms with Crippen molar-refractivity contribution in [1.82, 2.24) is 16.0 Å². The largest absolute Gasteiger partial charge is 0.350 e. The quantitative estimate of drug-likeness (QED) is 0.742. The van der Waals surface area contributed by atoms with Gasteiger partial charge in [0.15, 0.2) is 0 Å². The Hall–Kier alpha value is -2.08. The summed E-state index contributed by atoms with van der Waals surface area (Å²) < 4.78 is 0. The van der Waals surface area contributed by atoms with Crippen LogP contribution in [0.5, 0.6) is 0 Å². The average molecular weight is 304 g/mol. The van der Waals surface area contributed by atoms with Crippen LogP contribution in [0.2, 0.25) is 0 Å². The fraction of sp³-hybridized carbons (Fsp3) is 0.500. The van der Waals surface area contributed by atoms with Gasteiger partial charge in [0.1, 0.15) is 0 Å². The Morgan fingerprint density at radius 3 is 3.00 bits per heavy atom. The summed E-state index contributed by atoms with van der Waals surface area (Å²) in [6, 6.07) is 7.30. The third-order valence-electron chi connectivity index (χ3n) is 3.62. The number of carbonyl (C=O) groups is 2. The lowest BCUT2D eigenvalue weighted by atomic mass is 10.1. The second-order valence-electron chi connectivity index (χ2n) is 5.46. The molecular weight excluding hydrogens is 280 g/mol. The van der Waals surface area contributed by atoms with Gasteiger partial charge in [0.05, 0.1) is 0 Å². The second-order valence-corrected chi connectivity index (χ2v) is 5.46. The molecule has 1 aliphatic heterocycles. The molecule has 1 saturated heterocycles. The molecule has 0 aliphatic carbocycles. The predicted octanol–water partition coefficient (Wildman–Crippen LogP) is 1.33. The molecule has 2 rings (SSSR count). The number of benzene rings is 1. The lowest BCUT2D eigenvalue weighted by molar-refractivity contribution is 0.0950. The van der Waals surface area contributed by atoms with Crippen LogP contribution >= 0.6 is 0 Å². The van der Waals surface area contributed by atoms with Crippen LogP contribution in [0.1, 0.15) is 30.6 Å². The van der Waals surface area contributed by atoms with E-state index in [0.717, 1.165) is 18.7 Å². The molecule has 22 heavy (non-hydrogen) atoms. The normalized spacial score (nSPS) is 16.1. The smallest absolute Gasteiger partial charge is 0.321 e. The molecule has 0 spiro atoms. The number of rotatable bonds is 6. The first-order valence-corrected chi connectivity index (χ1v) is 7.79. The highest BCUT2D eigenvalue weighted by molar-refractivity contribution is 5.97. The van der Waals surface area contributed by atoms with Crippen molar-refractivity contribution in [2.75, 3.05) is 31.1 Å². The Labute approximate surface area is 131 Å². The zero-order chi connectivity index (χ0) is 15.9. The van der Waals surface area contributed by atoms with Gasteiger partial charge in [-0.05, 0) is 38.1 Å². The lowest BCUT2D eigenvalue weighted by Crippen LogP contribution is -2.46. The van der Waals surface area contributed by atoms with E-state index in [9.17, 15) is 9.59 Å². The van der Waals surface area contributed by atoms with Crippen LogP contribution in [0.25, 0.3) is 0 Å². The van der Waals surface area contributed by atoms with Crippen LogP contribution in [-0.4, -0.2) is 44.2 Å². The maximum absolute atomic E-state index is 12.2. The van der Waals surface area contributed by atoms with Crippen molar-refractivity contribution < 1.29 is 9.59 Å². The third-order valence-corrected chi connectivity index (χ3v) is 3.62. The average Bonchev–Trinajstić information content (AvgIpc) is 2.53.